The van der Waals surface area contributed by atoms with Gasteiger partial charge in [0.15, 0.2) is 4.96 Å². The van der Waals surface area contributed by atoms with Gasteiger partial charge in [0.2, 0.25) is 0 Å². The molecule has 0 N–H and O–H groups in total. The fourth-order valence-electron chi connectivity index (χ4n) is 4.50. The van der Waals surface area contributed by atoms with Crippen LogP contribution in [0.2, 0.25) is 0 Å². The molecule has 1 aliphatic rings. The highest BCUT2D eigenvalue weighted by molar-refractivity contribution is 7.19. The van der Waals surface area contributed by atoms with Crippen LogP contribution in [0.3, 0.4) is 0 Å². The number of hydrogen-bond acceptors (Lipinski definition) is 5. The maximum absolute atomic E-state index is 13.2. The molecule has 0 aliphatic carbocycles. The van der Waals surface area contributed by atoms with E-state index in [1.54, 1.807) is 12.1 Å². The number of imidazole rings is 1. The Bertz CT molecular complexity index is 1320. The van der Waals surface area contributed by atoms with Gasteiger partial charge in [0.05, 0.1) is 10.6 Å². The van der Waals surface area contributed by atoms with Gasteiger partial charge in [-0.3, -0.25) is 19.3 Å². The van der Waals surface area contributed by atoms with Crippen LogP contribution in [0.15, 0.2) is 60.8 Å². The molecular formula is C25H24N4O3S. The zero-order valence-corrected chi connectivity index (χ0v) is 19.1. The topological polar surface area (TPSA) is 80.8 Å². The van der Waals surface area contributed by atoms with E-state index in [1.165, 1.54) is 29.0 Å². The van der Waals surface area contributed by atoms with Crippen LogP contribution in [0, 0.1) is 23.0 Å². The van der Waals surface area contributed by atoms with Gasteiger partial charge in [-0.15, -0.1) is 0 Å². The van der Waals surface area contributed by atoms with Gasteiger partial charge in [-0.1, -0.05) is 53.8 Å². The van der Waals surface area contributed by atoms with Crippen molar-refractivity contribution < 1.29 is 9.72 Å². The van der Waals surface area contributed by atoms with Crippen molar-refractivity contribution in [1.82, 2.24) is 14.3 Å². The van der Waals surface area contributed by atoms with Gasteiger partial charge in [0.1, 0.15) is 4.88 Å². The van der Waals surface area contributed by atoms with Gasteiger partial charge in [0, 0.05) is 42.7 Å². The summed E-state index contributed by atoms with van der Waals surface area (Å²) in [5.41, 5.74) is 3.60. The summed E-state index contributed by atoms with van der Waals surface area (Å²) >= 11 is 1.38. The number of carbonyl (C=O) groups is 1. The minimum atomic E-state index is -0.410. The second kappa shape index (κ2) is 8.78. The average Bonchev–Trinajstić information content (AvgIpc) is 3.39. The van der Waals surface area contributed by atoms with Crippen LogP contribution in [0.1, 0.15) is 33.8 Å². The molecule has 3 heterocycles. The number of amides is 1. The summed E-state index contributed by atoms with van der Waals surface area (Å²) in [6.45, 7) is 3.47. The summed E-state index contributed by atoms with van der Waals surface area (Å²) in [5.74, 6) is 0.675. The summed E-state index contributed by atoms with van der Waals surface area (Å²) in [5, 5.41) is 11.1. The lowest BCUT2D eigenvalue weighted by atomic mass is 9.90. The van der Waals surface area contributed by atoms with Crippen molar-refractivity contribution in [3.8, 4) is 11.3 Å². The zero-order valence-electron chi connectivity index (χ0n) is 18.3. The summed E-state index contributed by atoms with van der Waals surface area (Å²) < 4.78 is 1.91. The highest BCUT2D eigenvalue weighted by Crippen LogP contribution is 2.30. The number of aryl methyl sites for hydroxylation is 1. The lowest BCUT2D eigenvalue weighted by Crippen LogP contribution is -2.38. The van der Waals surface area contributed by atoms with Gasteiger partial charge in [-0.25, -0.2) is 4.98 Å². The first-order chi connectivity index (χ1) is 16.0. The number of aromatic nitrogens is 2. The molecule has 2 aromatic heterocycles. The molecular weight excluding hydrogens is 436 g/mol. The number of non-ortho nitro benzene ring substituents is 1. The summed E-state index contributed by atoms with van der Waals surface area (Å²) in [6, 6.07) is 17.0. The lowest BCUT2D eigenvalue weighted by molar-refractivity contribution is -0.384. The van der Waals surface area contributed by atoms with Gasteiger partial charge in [-0.05, 0) is 37.7 Å². The molecule has 1 fully saturated rings. The molecule has 4 aromatic rings. The SMILES string of the molecule is Cc1c(C(=O)N2CCC(Cc3ccccc3)CC2)sc2nc(-c3cccc([N+](=O)[O-])c3)cn12. The minimum absolute atomic E-state index is 0.0344. The molecule has 0 bridgehead atoms. The Kier molecular flexibility index (Phi) is 5.68. The molecule has 7 nitrogen and oxygen atoms in total. The fourth-order valence-corrected chi connectivity index (χ4v) is 5.57. The van der Waals surface area contributed by atoms with Crippen LogP contribution in [-0.4, -0.2) is 38.2 Å². The van der Waals surface area contributed by atoms with E-state index in [0.717, 1.165) is 43.0 Å². The Morgan fingerprint density at radius 1 is 1.15 bits per heavy atom. The van der Waals surface area contributed by atoms with Crippen molar-refractivity contribution in [1.29, 1.82) is 0 Å². The monoisotopic (exact) mass is 460 g/mol. The number of piperidine rings is 1. The number of benzene rings is 2. The number of fused-ring (bicyclic) bond motifs is 1. The van der Waals surface area contributed by atoms with Crippen molar-refractivity contribution in [2.75, 3.05) is 13.1 Å². The molecule has 168 valence electrons. The molecule has 1 amide bonds. The zero-order chi connectivity index (χ0) is 22.9. The van der Waals surface area contributed by atoms with Gasteiger partial charge in [-0.2, -0.15) is 0 Å². The fraction of sp³-hybridized carbons (Fsp3) is 0.280. The molecule has 5 rings (SSSR count). The predicted molar refractivity (Wildman–Crippen MR) is 129 cm³/mol. The lowest BCUT2D eigenvalue weighted by Gasteiger charge is -2.32. The summed E-state index contributed by atoms with van der Waals surface area (Å²) in [6.07, 6.45) is 4.94. The molecule has 1 saturated heterocycles. The van der Waals surface area contributed by atoms with Crippen LogP contribution in [0.25, 0.3) is 16.2 Å². The Morgan fingerprint density at radius 2 is 1.91 bits per heavy atom. The van der Waals surface area contributed by atoms with Crippen LogP contribution in [-0.2, 0) is 6.42 Å². The van der Waals surface area contributed by atoms with Crippen LogP contribution >= 0.6 is 11.3 Å². The number of nitro benzene ring substituents is 1. The molecule has 33 heavy (non-hydrogen) atoms. The molecule has 8 heteroatoms. The van der Waals surface area contributed by atoms with Crippen molar-refractivity contribution in [3.63, 3.8) is 0 Å². The van der Waals surface area contributed by atoms with Gasteiger partial charge >= 0.3 is 0 Å². The van der Waals surface area contributed by atoms with Crippen molar-refractivity contribution >= 4 is 27.9 Å². The number of nitro groups is 1. The van der Waals surface area contributed by atoms with Crippen LogP contribution in [0.5, 0.6) is 0 Å². The van der Waals surface area contributed by atoms with E-state index >= 15 is 0 Å². The number of thiazole rings is 1. The molecule has 1 aliphatic heterocycles. The van der Waals surface area contributed by atoms with E-state index in [2.05, 4.69) is 29.2 Å². The van der Waals surface area contributed by atoms with Crippen molar-refractivity contribution in [3.05, 3.63) is 87.0 Å². The van der Waals surface area contributed by atoms with E-state index in [0.29, 0.717) is 22.1 Å². The van der Waals surface area contributed by atoms with Crippen LogP contribution in [0.4, 0.5) is 5.69 Å². The summed E-state index contributed by atoms with van der Waals surface area (Å²) in [7, 11) is 0. The Hall–Kier alpha value is -3.52. The maximum atomic E-state index is 13.2. The average molecular weight is 461 g/mol. The van der Waals surface area contributed by atoms with E-state index in [1.807, 2.05) is 28.5 Å². The molecule has 0 unspecified atom stereocenters. The van der Waals surface area contributed by atoms with E-state index in [4.69, 9.17) is 0 Å². The molecule has 0 spiro atoms. The Balaban J connectivity index is 1.30. The van der Waals surface area contributed by atoms with Gasteiger partial charge in [0.25, 0.3) is 11.6 Å². The number of rotatable bonds is 5. The van der Waals surface area contributed by atoms with E-state index in [9.17, 15) is 14.9 Å². The molecule has 0 atom stereocenters. The highest BCUT2D eigenvalue weighted by atomic mass is 32.1. The molecule has 0 radical (unpaired) electrons. The van der Waals surface area contributed by atoms with E-state index in [-0.39, 0.29) is 11.6 Å². The third-order valence-electron chi connectivity index (χ3n) is 6.37. The van der Waals surface area contributed by atoms with Gasteiger partial charge < -0.3 is 4.90 Å². The second-order valence-corrected chi connectivity index (χ2v) is 9.51. The normalized spacial score (nSPS) is 14.6. The number of likely N-dealkylation sites (tertiary alicyclic amines) is 1. The highest BCUT2D eigenvalue weighted by Gasteiger charge is 2.27. The third-order valence-corrected chi connectivity index (χ3v) is 7.52. The molecule has 2 aromatic carbocycles. The standard InChI is InChI=1S/C25H24N4O3S/c1-17-23(24(30)27-12-10-19(11-13-27)14-18-6-3-2-4-7-18)33-25-26-22(16-28(17)25)20-8-5-9-21(15-20)29(31)32/h2-9,15-16,19H,10-14H2,1H3. The molecule has 0 saturated carbocycles. The first kappa shape index (κ1) is 21.3. The van der Waals surface area contributed by atoms with Crippen LogP contribution < -0.4 is 0 Å². The summed E-state index contributed by atoms with van der Waals surface area (Å²) in [4.78, 5) is 32.0. The first-order valence-electron chi connectivity index (χ1n) is 11.1. The second-order valence-electron chi connectivity index (χ2n) is 8.53. The van der Waals surface area contributed by atoms with Crippen molar-refractivity contribution in [2.45, 2.75) is 26.2 Å². The predicted octanol–water partition coefficient (Wildman–Crippen LogP) is 5.37. The largest absolute Gasteiger partial charge is 0.338 e. The minimum Gasteiger partial charge on any atom is -0.338 e. The maximum Gasteiger partial charge on any atom is 0.270 e. The number of carbonyl (C=O) groups excluding carboxylic acids is 1. The number of hydrogen-bond donors (Lipinski definition) is 0. The quantitative estimate of drug-likeness (QED) is 0.296. The Labute approximate surface area is 195 Å². The first-order valence-corrected chi connectivity index (χ1v) is 11.9. The smallest absolute Gasteiger partial charge is 0.270 e. The van der Waals surface area contributed by atoms with Crippen molar-refractivity contribution in [2.24, 2.45) is 5.92 Å². The third kappa shape index (κ3) is 4.26. The van der Waals surface area contributed by atoms with E-state index < -0.39 is 4.92 Å². The Morgan fingerprint density at radius 3 is 2.61 bits per heavy atom. The number of nitrogens with zero attached hydrogens (tertiary/aromatic N) is 4.